The molecule has 0 spiro atoms. The van der Waals surface area contributed by atoms with Crippen molar-refractivity contribution in [3.8, 4) is 46.0 Å². The van der Waals surface area contributed by atoms with Crippen LogP contribution in [0, 0.1) is 43.3 Å². The molecular weight excluding hydrogens is 1330 g/mol. The molecule has 32 nitrogen and oxygen atoms in total. The van der Waals surface area contributed by atoms with Gasteiger partial charge in [-0.25, -0.2) is 0 Å². The molecule has 0 radical (unpaired) electrons. The van der Waals surface area contributed by atoms with Gasteiger partial charge in [-0.1, -0.05) is 0 Å². The highest BCUT2D eigenvalue weighted by atomic mass is 16.5. The van der Waals surface area contributed by atoms with Crippen LogP contribution in [0.25, 0.3) is 0 Å². The molecule has 1 aliphatic carbocycles. The number of guanidine groups is 8. The minimum atomic E-state index is -0.349. The van der Waals surface area contributed by atoms with Gasteiger partial charge in [0.2, 0.25) is 0 Å². The van der Waals surface area contributed by atoms with E-state index in [1.54, 1.807) is 154 Å². The van der Waals surface area contributed by atoms with Crippen molar-refractivity contribution in [3.63, 3.8) is 0 Å². The van der Waals surface area contributed by atoms with Crippen molar-refractivity contribution in [1.29, 1.82) is 43.3 Å². The number of methoxy groups -OCH3 is 8. The molecule has 32 N–H and O–H groups in total. The maximum Gasteiger partial charge on any atom is 0.190 e. The van der Waals surface area contributed by atoms with Gasteiger partial charge in [0.05, 0.1) is 56.9 Å². The largest absolute Gasteiger partial charge is 0.496 e. The van der Waals surface area contributed by atoms with Crippen molar-refractivity contribution in [2.75, 3.05) is 99.4 Å². The third-order valence-electron chi connectivity index (χ3n) is 16.9. The van der Waals surface area contributed by atoms with E-state index in [0.29, 0.717) is 181 Å². The summed E-state index contributed by atoms with van der Waals surface area (Å²) in [5.74, 6) is 0.657. The summed E-state index contributed by atoms with van der Waals surface area (Å²) in [5, 5.41) is 91.2. The topological polar surface area (TPSA) is 569 Å². The van der Waals surface area contributed by atoms with E-state index in [1.807, 2.05) is 0 Å². The van der Waals surface area contributed by atoms with Crippen LogP contribution in [0.4, 0.5) is 45.5 Å². The highest BCUT2D eigenvalue weighted by molar-refractivity contribution is 5.95. The van der Waals surface area contributed by atoms with Gasteiger partial charge in [0.1, 0.15) is 46.0 Å². The molecule has 32 heteroatoms. The number of anilines is 8. The summed E-state index contributed by atoms with van der Waals surface area (Å²) in [4.78, 5) is 0. The molecule has 0 atom stereocenters. The summed E-state index contributed by atoms with van der Waals surface area (Å²) in [6.07, 6.45) is 0.816. The second-order valence-electron chi connectivity index (χ2n) is 24.3. The van der Waals surface area contributed by atoms with Gasteiger partial charge in [0, 0.05) is 186 Å². The van der Waals surface area contributed by atoms with Gasteiger partial charge in [-0.2, -0.15) is 0 Å². The first-order valence-corrected chi connectivity index (χ1v) is 32.1. The van der Waals surface area contributed by atoms with E-state index in [-0.39, 0.29) is 99.0 Å². The summed E-state index contributed by atoms with van der Waals surface area (Å²) >= 11 is 0. The molecule has 0 fully saturated rings. The van der Waals surface area contributed by atoms with Gasteiger partial charge < -0.3 is 126 Å². The van der Waals surface area contributed by atoms with E-state index in [1.165, 1.54) is 0 Å². The lowest BCUT2D eigenvalue weighted by atomic mass is 9.90. The maximum absolute atomic E-state index is 8.43. The minimum Gasteiger partial charge on any atom is -0.496 e. The summed E-state index contributed by atoms with van der Waals surface area (Å²) < 4.78 is 51.1. The first kappa shape index (κ1) is 74.5. The van der Waals surface area contributed by atoms with E-state index in [4.69, 9.17) is 127 Å². The first-order valence-electron chi connectivity index (χ1n) is 32.1. The summed E-state index contributed by atoms with van der Waals surface area (Å²) in [6.45, 7) is 0. The monoisotopic (exact) mass is 1420 g/mol. The number of benzene rings is 8. The van der Waals surface area contributed by atoms with E-state index in [0.717, 1.165) is 0 Å². The van der Waals surface area contributed by atoms with Crippen LogP contribution in [-0.2, 0) is 51.4 Å². The second-order valence-corrected chi connectivity index (χ2v) is 24.3. The average molecular weight is 1420 g/mol. The zero-order valence-corrected chi connectivity index (χ0v) is 58.8. The van der Waals surface area contributed by atoms with Gasteiger partial charge in [-0.15, -0.1) is 0 Å². The van der Waals surface area contributed by atoms with Gasteiger partial charge in [-0.3, -0.25) is 43.3 Å². The Kier molecular flexibility index (Phi) is 23.3. The molecule has 1 aliphatic rings. The Bertz CT molecular complexity index is 3680. The molecule has 0 saturated heterocycles. The normalized spacial score (nSPS) is 11.8. The van der Waals surface area contributed by atoms with Crippen molar-refractivity contribution in [3.05, 3.63) is 186 Å². The Morgan fingerprint density at radius 2 is 0.269 bits per heavy atom. The molecule has 8 aromatic carbocycles. The number of nitrogens with one attached hydrogen (secondary N) is 16. The van der Waals surface area contributed by atoms with Crippen LogP contribution in [0.5, 0.6) is 46.0 Å². The number of nitrogens with two attached hydrogens (primary N) is 8. The summed E-state index contributed by atoms with van der Waals surface area (Å²) in [6, 6.07) is 28.9. The van der Waals surface area contributed by atoms with Crippen LogP contribution in [0.15, 0.2) is 97.1 Å². The van der Waals surface area contributed by atoms with Crippen LogP contribution in [0.1, 0.15) is 89.0 Å². The summed E-state index contributed by atoms with van der Waals surface area (Å²) in [5.41, 5.74) is 61.7. The van der Waals surface area contributed by atoms with Crippen molar-refractivity contribution < 1.29 is 37.9 Å². The Hall–Kier alpha value is -13.7. The lowest BCUT2D eigenvalue weighted by Gasteiger charge is -2.23. The molecule has 104 heavy (non-hydrogen) atoms. The number of ether oxygens (including phenoxy) is 8. The highest BCUT2D eigenvalue weighted by Gasteiger charge is 2.28. The van der Waals surface area contributed by atoms with Gasteiger partial charge in [-0.05, 0) is 97.1 Å². The van der Waals surface area contributed by atoms with Crippen LogP contribution >= 0.6 is 0 Å². The van der Waals surface area contributed by atoms with Gasteiger partial charge in [0.25, 0.3) is 0 Å². The third kappa shape index (κ3) is 17.8. The fraction of sp³-hybridized carbons (Fsp3) is 0.222. The Labute approximate surface area is 600 Å². The molecule has 0 heterocycles. The second kappa shape index (κ2) is 32.5. The van der Waals surface area contributed by atoms with Crippen molar-refractivity contribution in [2.24, 2.45) is 45.9 Å². The van der Waals surface area contributed by atoms with Crippen molar-refractivity contribution in [2.45, 2.75) is 51.4 Å². The predicted molar refractivity (Wildman–Crippen MR) is 411 cm³/mol. The van der Waals surface area contributed by atoms with E-state index < -0.39 is 0 Å². The first-order chi connectivity index (χ1) is 49.6. The van der Waals surface area contributed by atoms with Gasteiger partial charge >= 0.3 is 0 Å². The van der Waals surface area contributed by atoms with Crippen LogP contribution in [-0.4, -0.2) is 105 Å². The SMILES string of the molecule is COc1c2cc(NC(=N)N)cc1Cc1cc(NC(=N)N)cc(c1OC)Cc1cc(NC(=N)N)cc(c1OC)Cc1cc(NC(=N)N)cc(c1OC)Cc1cc(NC(=N)N)cc(c1OC)Cc1cc(NC(=N)N)cc(c1OC)Cc1cc(NC(=N)N)cc(c1OC)Cc1cc(NC(=N)N)cc(c1OC)C2. The number of hydrogen-bond acceptors (Lipinski definition) is 16. The molecule has 8 aromatic rings. The Morgan fingerprint density at radius 3 is 0.327 bits per heavy atom. The van der Waals surface area contributed by atoms with E-state index in [2.05, 4.69) is 42.5 Å². The molecule has 0 unspecified atom stereocenters. The highest BCUT2D eigenvalue weighted by Crippen LogP contribution is 2.45. The molecule has 0 saturated carbocycles. The van der Waals surface area contributed by atoms with Gasteiger partial charge in [0.15, 0.2) is 47.7 Å². The predicted octanol–water partition coefficient (Wildman–Crippen LogP) is 7.24. The van der Waals surface area contributed by atoms with E-state index in [9.17, 15) is 0 Å². The van der Waals surface area contributed by atoms with Crippen LogP contribution in [0.3, 0.4) is 0 Å². The Morgan fingerprint density at radius 1 is 0.192 bits per heavy atom. The smallest absolute Gasteiger partial charge is 0.190 e. The quantitative estimate of drug-likeness (QED) is 0.0335. The molecule has 0 amide bonds. The minimum absolute atomic E-state index is 0.102. The molecular formula is C72H88N24O8. The fourth-order valence-electron chi connectivity index (χ4n) is 13.7. The third-order valence-corrected chi connectivity index (χ3v) is 16.9. The van der Waals surface area contributed by atoms with Crippen molar-refractivity contribution in [1.82, 2.24) is 0 Å². The fourth-order valence-corrected chi connectivity index (χ4v) is 13.7. The zero-order chi connectivity index (χ0) is 75.4. The Balaban J connectivity index is 1.38. The average Bonchev–Trinajstić information content (AvgIpc) is 0.786. The van der Waals surface area contributed by atoms with Crippen molar-refractivity contribution >= 4 is 93.2 Å². The standard InChI is InChI=1S/C72H88N24O8/c1-97-57-33-9-35-19-50(90-66(75)76)21-37(58(35)98-2)11-39-23-52(92-68(79)80)25-41(60(39)100-4)13-43-27-54(94-70(83)84)29-45(62(43)102-6)15-47-31-56(96-72(87)88)32-48(64(47)104-8)16-46-30-55(95-71(85)86)28-44(63(46)103-7)14-42-26-53(93-69(81)82)24-40(61(42)101-5)12-38-22-51(91-67(77)78)20-36(59(38)99-3)10-34(57)18-49(17-33)89-65(73)74/h17-32H,9-16H2,1-8H3,(H4,73,74,89)(H4,75,76,90)(H4,77,78,91)(H4,79,80,92)(H4,81,82,93)(H4,83,84,94)(H4,85,86,95)(H4,87,88,96). The summed E-state index contributed by atoms with van der Waals surface area (Å²) in [7, 11) is 12.3. The molecule has 9 rings (SSSR count). The van der Waals surface area contributed by atoms with Crippen LogP contribution < -0.4 is 126 Å². The number of fused-ring (bicyclic) bond motifs is 16. The lowest BCUT2D eigenvalue weighted by molar-refractivity contribution is 0.396. The zero-order valence-electron chi connectivity index (χ0n) is 58.8. The van der Waals surface area contributed by atoms with E-state index >= 15 is 0 Å². The maximum atomic E-state index is 8.43. The number of rotatable bonds is 16. The number of hydrogen-bond donors (Lipinski definition) is 24. The molecule has 544 valence electrons. The molecule has 0 aliphatic heterocycles. The lowest BCUT2D eigenvalue weighted by Crippen LogP contribution is -2.21. The molecule has 0 aromatic heterocycles. The molecule has 16 bridgehead atoms. The van der Waals surface area contributed by atoms with Crippen LogP contribution in [0.2, 0.25) is 0 Å².